The van der Waals surface area contributed by atoms with Crippen molar-refractivity contribution in [3.8, 4) is 0 Å². The monoisotopic (exact) mass is 268 g/mol. The first-order valence-corrected chi connectivity index (χ1v) is 5.59. The fourth-order valence-corrected chi connectivity index (χ4v) is 1.74. The van der Waals surface area contributed by atoms with E-state index in [1.807, 2.05) is 32.0 Å². The van der Waals surface area contributed by atoms with Gasteiger partial charge in [0.05, 0.1) is 17.6 Å². The Morgan fingerprint density at radius 1 is 1.47 bits per heavy atom. The van der Waals surface area contributed by atoms with Crippen LogP contribution in [0, 0.1) is 0 Å². The van der Waals surface area contributed by atoms with Gasteiger partial charge in [0.15, 0.2) is 0 Å². The minimum absolute atomic E-state index is 0.0774. The molecule has 0 unspecified atom stereocenters. The first-order valence-electron chi connectivity index (χ1n) is 4.79. The molecular formula is C11H13BrN2O. The van der Waals surface area contributed by atoms with E-state index in [1.54, 1.807) is 0 Å². The van der Waals surface area contributed by atoms with Crippen LogP contribution >= 0.6 is 15.9 Å². The molecule has 0 saturated heterocycles. The van der Waals surface area contributed by atoms with Crippen LogP contribution < -0.4 is 0 Å². The summed E-state index contributed by atoms with van der Waals surface area (Å²) in [6.45, 7) is 3.99. The van der Waals surface area contributed by atoms with E-state index in [2.05, 4.69) is 25.9 Å². The van der Waals surface area contributed by atoms with Crippen molar-refractivity contribution in [3.05, 3.63) is 28.5 Å². The number of halogens is 1. The van der Waals surface area contributed by atoms with Crippen molar-refractivity contribution in [1.29, 1.82) is 0 Å². The summed E-state index contributed by atoms with van der Waals surface area (Å²) in [5.41, 5.74) is 1.58. The SMILES string of the molecule is CC(C)(CO)c1nc2ccc(Br)cc2[nH]1. The highest BCUT2D eigenvalue weighted by Crippen LogP contribution is 2.24. The zero-order chi connectivity index (χ0) is 11.1. The number of hydrogen-bond donors (Lipinski definition) is 2. The molecule has 0 saturated carbocycles. The maximum absolute atomic E-state index is 9.26. The van der Waals surface area contributed by atoms with Crippen molar-refractivity contribution in [2.75, 3.05) is 6.61 Å². The molecule has 80 valence electrons. The van der Waals surface area contributed by atoms with Crippen molar-refractivity contribution in [2.45, 2.75) is 19.3 Å². The second kappa shape index (κ2) is 3.61. The number of benzene rings is 1. The number of fused-ring (bicyclic) bond motifs is 1. The van der Waals surface area contributed by atoms with Gasteiger partial charge in [-0.1, -0.05) is 29.8 Å². The molecular weight excluding hydrogens is 256 g/mol. The van der Waals surface area contributed by atoms with Crippen LogP contribution in [-0.2, 0) is 5.41 Å². The maximum atomic E-state index is 9.26. The smallest absolute Gasteiger partial charge is 0.115 e. The summed E-state index contributed by atoms with van der Waals surface area (Å²) in [5, 5.41) is 9.26. The molecule has 0 atom stereocenters. The Hall–Kier alpha value is -0.870. The normalized spacial score (nSPS) is 12.3. The van der Waals surface area contributed by atoms with E-state index in [4.69, 9.17) is 0 Å². The molecule has 3 nitrogen and oxygen atoms in total. The molecule has 0 fully saturated rings. The molecule has 1 aromatic heterocycles. The van der Waals surface area contributed by atoms with Crippen molar-refractivity contribution >= 4 is 27.0 Å². The third-order valence-corrected chi connectivity index (χ3v) is 2.97. The molecule has 1 heterocycles. The topological polar surface area (TPSA) is 48.9 Å². The van der Waals surface area contributed by atoms with E-state index in [0.717, 1.165) is 21.3 Å². The van der Waals surface area contributed by atoms with E-state index in [9.17, 15) is 5.11 Å². The van der Waals surface area contributed by atoms with Crippen LogP contribution in [0.3, 0.4) is 0 Å². The van der Waals surface area contributed by atoms with Crippen molar-refractivity contribution in [2.24, 2.45) is 0 Å². The molecule has 4 heteroatoms. The molecule has 0 aliphatic carbocycles. The van der Waals surface area contributed by atoms with E-state index in [-0.39, 0.29) is 12.0 Å². The van der Waals surface area contributed by atoms with Crippen LogP contribution in [0.4, 0.5) is 0 Å². The average Bonchev–Trinajstić information content (AvgIpc) is 2.61. The Labute approximate surface area is 96.7 Å². The molecule has 2 N–H and O–H groups in total. The highest BCUT2D eigenvalue weighted by molar-refractivity contribution is 9.10. The fraction of sp³-hybridized carbons (Fsp3) is 0.364. The van der Waals surface area contributed by atoms with E-state index < -0.39 is 0 Å². The van der Waals surface area contributed by atoms with Crippen LogP contribution in [0.5, 0.6) is 0 Å². The van der Waals surface area contributed by atoms with Gasteiger partial charge in [-0.3, -0.25) is 0 Å². The Bertz CT molecular complexity index is 490. The van der Waals surface area contributed by atoms with Gasteiger partial charge >= 0.3 is 0 Å². The fourth-order valence-electron chi connectivity index (χ4n) is 1.38. The highest BCUT2D eigenvalue weighted by atomic mass is 79.9. The Morgan fingerprint density at radius 3 is 2.87 bits per heavy atom. The number of nitrogens with zero attached hydrogens (tertiary/aromatic N) is 1. The molecule has 0 aliphatic heterocycles. The number of rotatable bonds is 2. The van der Waals surface area contributed by atoms with Crippen LogP contribution in [0.25, 0.3) is 11.0 Å². The Kier molecular flexibility index (Phi) is 2.56. The highest BCUT2D eigenvalue weighted by Gasteiger charge is 2.23. The van der Waals surface area contributed by atoms with E-state index >= 15 is 0 Å². The first kappa shape index (κ1) is 10.6. The van der Waals surface area contributed by atoms with Crippen molar-refractivity contribution < 1.29 is 5.11 Å². The van der Waals surface area contributed by atoms with Crippen LogP contribution in [0.2, 0.25) is 0 Å². The van der Waals surface area contributed by atoms with Gasteiger partial charge in [0.1, 0.15) is 5.82 Å². The summed E-state index contributed by atoms with van der Waals surface area (Å²) in [6, 6.07) is 5.89. The van der Waals surface area contributed by atoms with Gasteiger partial charge in [-0.15, -0.1) is 0 Å². The van der Waals surface area contributed by atoms with Crippen molar-refractivity contribution in [3.63, 3.8) is 0 Å². The number of hydrogen-bond acceptors (Lipinski definition) is 2. The predicted molar refractivity (Wildman–Crippen MR) is 63.9 cm³/mol. The van der Waals surface area contributed by atoms with E-state index in [0.29, 0.717) is 0 Å². The zero-order valence-electron chi connectivity index (χ0n) is 8.71. The molecule has 0 bridgehead atoms. The van der Waals surface area contributed by atoms with Crippen molar-refractivity contribution in [1.82, 2.24) is 9.97 Å². The maximum Gasteiger partial charge on any atom is 0.115 e. The van der Waals surface area contributed by atoms with Gasteiger partial charge in [0.2, 0.25) is 0 Å². The molecule has 2 rings (SSSR count). The van der Waals surface area contributed by atoms with Crippen LogP contribution in [-0.4, -0.2) is 21.7 Å². The second-order valence-corrected chi connectivity index (χ2v) is 5.20. The number of aromatic nitrogens is 2. The zero-order valence-corrected chi connectivity index (χ0v) is 10.3. The summed E-state index contributed by atoms with van der Waals surface area (Å²) in [4.78, 5) is 7.69. The number of aliphatic hydroxyl groups excluding tert-OH is 1. The largest absolute Gasteiger partial charge is 0.395 e. The molecule has 1 aromatic carbocycles. The summed E-state index contributed by atoms with van der Waals surface area (Å²) >= 11 is 3.41. The minimum atomic E-state index is -0.328. The number of imidazole rings is 1. The van der Waals surface area contributed by atoms with E-state index in [1.165, 1.54) is 0 Å². The Morgan fingerprint density at radius 2 is 2.20 bits per heavy atom. The van der Waals surface area contributed by atoms with Gasteiger partial charge in [-0.05, 0) is 18.2 Å². The molecule has 2 aromatic rings. The second-order valence-electron chi connectivity index (χ2n) is 4.29. The van der Waals surface area contributed by atoms with Gasteiger partial charge in [0.25, 0.3) is 0 Å². The summed E-state index contributed by atoms with van der Waals surface area (Å²) in [6.07, 6.45) is 0. The van der Waals surface area contributed by atoms with Crippen LogP contribution in [0.15, 0.2) is 22.7 Å². The molecule has 0 amide bonds. The minimum Gasteiger partial charge on any atom is -0.395 e. The Balaban J connectivity index is 2.56. The molecule has 15 heavy (non-hydrogen) atoms. The molecule has 0 aliphatic rings. The third kappa shape index (κ3) is 1.92. The standard InChI is InChI=1S/C11H13BrN2O/c1-11(2,6-15)10-13-8-4-3-7(12)5-9(8)14-10/h3-5,15H,6H2,1-2H3,(H,13,14). The summed E-state index contributed by atoms with van der Waals surface area (Å²) in [5.74, 6) is 0.818. The lowest BCUT2D eigenvalue weighted by molar-refractivity contribution is 0.213. The van der Waals surface area contributed by atoms with Gasteiger partial charge in [-0.2, -0.15) is 0 Å². The molecule has 0 radical (unpaired) electrons. The van der Waals surface area contributed by atoms with Gasteiger partial charge in [-0.25, -0.2) is 4.98 Å². The summed E-state index contributed by atoms with van der Waals surface area (Å²) < 4.78 is 1.02. The van der Waals surface area contributed by atoms with Gasteiger partial charge in [0, 0.05) is 9.89 Å². The predicted octanol–water partition coefficient (Wildman–Crippen LogP) is 2.60. The number of nitrogens with one attached hydrogen (secondary N) is 1. The first-order chi connectivity index (χ1) is 7.03. The van der Waals surface area contributed by atoms with Gasteiger partial charge < -0.3 is 10.1 Å². The number of H-pyrrole nitrogens is 1. The molecule has 0 spiro atoms. The third-order valence-electron chi connectivity index (χ3n) is 2.48. The number of aliphatic hydroxyl groups is 1. The lowest BCUT2D eigenvalue weighted by Crippen LogP contribution is -2.23. The lowest BCUT2D eigenvalue weighted by atomic mass is 9.94. The lowest BCUT2D eigenvalue weighted by Gasteiger charge is -2.17. The average molecular weight is 269 g/mol. The van der Waals surface area contributed by atoms with Crippen LogP contribution in [0.1, 0.15) is 19.7 Å². The quantitative estimate of drug-likeness (QED) is 0.880. The summed E-state index contributed by atoms with van der Waals surface area (Å²) in [7, 11) is 0. The number of aromatic amines is 1.